The molecule has 0 radical (unpaired) electrons. The van der Waals surface area contributed by atoms with Crippen molar-refractivity contribution in [2.45, 2.75) is 4.90 Å². The van der Waals surface area contributed by atoms with Crippen LogP contribution in [0, 0.1) is 0 Å². The molecule has 0 unspecified atom stereocenters. The van der Waals surface area contributed by atoms with Crippen molar-refractivity contribution in [1.29, 1.82) is 0 Å². The summed E-state index contributed by atoms with van der Waals surface area (Å²) in [4.78, 5) is 16.7. The summed E-state index contributed by atoms with van der Waals surface area (Å²) < 4.78 is 28.7. The molecular formula is C19H13ClN2O5S. The standard InChI is InChI=1S/C19H13ClN2O5S/c20-15-8-6-14(7-9-15)19(23)26-21-16-10-12-17(13-11-16)22-27-28(24,25)18-4-2-1-3-5-18/h1-13H. The molecule has 28 heavy (non-hydrogen) atoms. The Bertz CT molecular complexity index is 1070. The van der Waals surface area contributed by atoms with Crippen molar-refractivity contribution in [1.82, 2.24) is 0 Å². The third-order valence-electron chi connectivity index (χ3n) is 3.44. The van der Waals surface area contributed by atoms with Gasteiger partial charge in [-0.2, -0.15) is 8.42 Å². The maximum Gasteiger partial charge on any atom is 0.365 e. The predicted molar refractivity (Wildman–Crippen MR) is 105 cm³/mol. The van der Waals surface area contributed by atoms with Gasteiger partial charge in [-0.25, -0.2) is 4.79 Å². The fourth-order valence-corrected chi connectivity index (χ4v) is 2.92. The summed E-state index contributed by atoms with van der Waals surface area (Å²) >= 11 is 5.76. The Morgan fingerprint density at radius 1 is 0.821 bits per heavy atom. The average molecular weight is 417 g/mol. The van der Waals surface area contributed by atoms with Crippen molar-refractivity contribution < 1.29 is 22.3 Å². The van der Waals surface area contributed by atoms with E-state index in [9.17, 15) is 13.2 Å². The van der Waals surface area contributed by atoms with Crippen LogP contribution in [0.4, 0.5) is 0 Å². The minimum absolute atomic E-state index is 0.000480. The number of benzene rings is 2. The van der Waals surface area contributed by atoms with E-state index in [-0.39, 0.29) is 10.6 Å². The largest absolute Gasteiger partial charge is 0.365 e. The van der Waals surface area contributed by atoms with Gasteiger partial charge in [0.25, 0.3) is 0 Å². The van der Waals surface area contributed by atoms with Gasteiger partial charge in [0, 0.05) is 5.02 Å². The van der Waals surface area contributed by atoms with Crippen LogP contribution in [0.2, 0.25) is 5.02 Å². The smallest absolute Gasteiger partial charge is 0.312 e. The molecule has 0 saturated carbocycles. The highest BCUT2D eigenvalue weighted by Gasteiger charge is 2.15. The summed E-state index contributed by atoms with van der Waals surface area (Å²) in [6, 6.07) is 13.8. The van der Waals surface area contributed by atoms with Crippen LogP contribution in [0.5, 0.6) is 0 Å². The number of rotatable bonds is 5. The number of carbonyl (C=O) groups excluding carboxylic acids is 1. The second-order valence-electron chi connectivity index (χ2n) is 5.43. The van der Waals surface area contributed by atoms with Gasteiger partial charge in [0.2, 0.25) is 0 Å². The van der Waals surface area contributed by atoms with Gasteiger partial charge in [-0.3, -0.25) is 4.28 Å². The maximum atomic E-state index is 12.0. The lowest BCUT2D eigenvalue weighted by Gasteiger charge is -2.04. The van der Waals surface area contributed by atoms with Crippen molar-refractivity contribution in [3.05, 3.63) is 89.5 Å². The fraction of sp³-hybridized carbons (Fsp3) is 0. The zero-order chi connectivity index (χ0) is 20.0. The first-order valence-corrected chi connectivity index (χ1v) is 9.70. The molecule has 0 heterocycles. The Morgan fingerprint density at radius 3 is 2.00 bits per heavy atom. The third kappa shape index (κ3) is 5.15. The van der Waals surface area contributed by atoms with Crippen LogP contribution in [0.3, 0.4) is 0 Å². The molecule has 1 aliphatic carbocycles. The first-order valence-electron chi connectivity index (χ1n) is 7.92. The van der Waals surface area contributed by atoms with Gasteiger partial charge in [0.1, 0.15) is 16.3 Å². The number of hydrogen-bond donors (Lipinski definition) is 0. The van der Waals surface area contributed by atoms with Crippen LogP contribution in [0.25, 0.3) is 0 Å². The quantitative estimate of drug-likeness (QED) is 0.420. The highest BCUT2D eigenvalue weighted by atomic mass is 35.5. The van der Waals surface area contributed by atoms with Gasteiger partial charge in [0.15, 0.2) is 0 Å². The van der Waals surface area contributed by atoms with Gasteiger partial charge in [-0.05, 0) is 60.7 Å². The third-order valence-corrected chi connectivity index (χ3v) is 4.81. The van der Waals surface area contributed by atoms with Crippen LogP contribution >= 0.6 is 11.6 Å². The fourth-order valence-electron chi connectivity index (χ4n) is 2.03. The Morgan fingerprint density at radius 2 is 1.39 bits per heavy atom. The van der Waals surface area contributed by atoms with E-state index >= 15 is 0 Å². The summed E-state index contributed by atoms with van der Waals surface area (Å²) in [5.74, 6) is -0.636. The van der Waals surface area contributed by atoms with Gasteiger partial charge >= 0.3 is 16.1 Å². The highest BCUT2D eigenvalue weighted by molar-refractivity contribution is 7.86. The van der Waals surface area contributed by atoms with Crippen LogP contribution in [-0.2, 0) is 19.2 Å². The molecule has 142 valence electrons. The molecule has 7 nitrogen and oxygen atoms in total. The molecule has 0 spiro atoms. The lowest BCUT2D eigenvalue weighted by molar-refractivity contribution is 0.0517. The van der Waals surface area contributed by atoms with E-state index in [1.807, 2.05) is 0 Å². The molecule has 2 aromatic carbocycles. The molecule has 0 aromatic heterocycles. The van der Waals surface area contributed by atoms with Gasteiger partial charge in [-0.1, -0.05) is 40.1 Å². The van der Waals surface area contributed by atoms with Gasteiger partial charge in [-0.15, -0.1) is 0 Å². The normalized spacial score (nSPS) is 13.2. The summed E-state index contributed by atoms with van der Waals surface area (Å²) in [5.41, 5.74) is 0.897. The minimum Gasteiger partial charge on any atom is -0.312 e. The lowest BCUT2D eigenvalue weighted by Crippen LogP contribution is -2.07. The summed E-state index contributed by atoms with van der Waals surface area (Å²) in [7, 11) is -3.99. The second kappa shape index (κ2) is 8.64. The van der Waals surface area contributed by atoms with E-state index in [0.29, 0.717) is 16.3 Å². The number of nitrogens with zero attached hydrogens (tertiary/aromatic N) is 2. The van der Waals surface area contributed by atoms with Crippen molar-refractivity contribution in [3.8, 4) is 0 Å². The molecular weight excluding hydrogens is 404 g/mol. The molecule has 2 aromatic rings. The molecule has 9 heteroatoms. The van der Waals surface area contributed by atoms with Gasteiger partial charge in [0.05, 0.1) is 5.56 Å². The second-order valence-corrected chi connectivity index (χ2v) is 7.39. The minimum atomic E-state index is -3.99. The molecule has 3 rings (SSSR count). The van der Waals surface area contributed by atoms with Crippen LogP contribution in [0.1, 0.15) is 10.4 Å². The zero-order valence-corrected chi connectivity index (χ0v) is 15.8. The molecule has 0 N–H and O–H groups in total. The lowest BCUT2D eigenvalue weighted by atomic mass is 10.1. The van der Waals surface area contributed by atoms with Crippen LogP contribution < -0.4 is 0 Å². The zero-order valence-electron chi connectivity index (χ0n) is 14.2. The summed E-state index contributed by atoms with van der Waals surface area (Å²) in [6.45, 7) is 0. The first kappa shape index (κ1) is 19.5. The van der Waals surface area contributed by atoms with E-state index in [2.05, 4.69) is 14.6 Å². The van der Waals surface area contributed by atoms with E-state index < -0.39 is 16.1 Å². The SMILES string of the molecule is O=C(ON=C1C=CC(=NOS(=O)(=O)c2ccccc2)C=C1)c1ccc(Cl)cc1. The van der Waals surface area contributed by atoms with E-state index in [0.717, 1.165) is 0 Å². The van der Waals surface area contributed by atoms with Crippen LogP contribution in [0.15, 0.2) is 94.1 Å². The van der Waals surface area contributed by atoms with E-state index in [4.69, 9.17) is 16.4 Å². The topological polar surface area (TPSA) is 94.4 Å². The van der Waals surface area contributed by atoms with Crippen molar-refractivity contribution in [2.75, 3.05) is 0 Å². The number of oxime groups is 2. The van der Waals surface area contributed by atoms with Crippen molar-refractivity contribution in [2.24, 2.45) is 10.3 Å². The Balaban J connectivity index is 1.60. The number of allylic oxidation sites excluding steroid dienone is 4. The molecule has 1 aliphatic rings. The first-order chi connectivity index (χ1) is 13.4. The molecule has 0 fully saturated rings. The Labute approximate surface area is 166 Å². The summed E-state index contributed by atoms with van der Waals surface area (Å²) in [5, 5.41) is 7.82. The van der Waals surface area contributed by atoms with E-state index in [1.165, 1.54) is 48.6 Å². The summed E-state index contributed by atoms with van der Waals surface area (Å²) in [6.07, 6.45) is 5.92. The molecule has 0 atom stereocenters. The molecule has 0 saturated heterocycles. The van der Waals surface area contributed by atoms with Crippen molar-refractivity contribution >= 4 is 39.1 Å². The predicted octanol–water partition coefficient (Wildman–Crippen LogP) is 3.74. The average Bonchev–Trinajstić information content (AvgIpc) is 2.72. The molecule has 0 bridgehead atoms. The van der Waals surface area contributed by atoms with Crippen molar-refractivity contribution in [3.63, 3.8) is 0 Å². The van der Waals surface area contributed by atoms with Crippen LogP contribution in [-0.4, -0.2) is 25.8 Å². The molecule has 0 aliphatic heterocycles. The monoisotopic (exact) mass is 416 g/mol. The number of carbonyl (C=O) groups is 1. The Kier molecular flexibility index (Phi) is 6.03. The molecule has 0 amide bonds. The Hall–Kier alpha value is -3.23. The van der Waals surface area contributed by atoms with E-state index in [1.54, 1.807) is 30.3 Å². The van der Waals surface area contributed by atoms with Gasteiger partial charge < -0.3 is 4.84 Å². The highest BCUT2D eigenvalue weighted by Crippen LogP contribution is 2.13. The number of hydrogen-bond acceptors (Lipinski definition) is 7. The maximum absolute atomic E-state index is 12.0. The number of halogens is 1.